The molecular formula is C109H112N20O17. The Balaban J connectivity index is 0.000000162. The van der Waals surface area contributed by atoms with Crippen LogP contribution < -0.4 is 54.9 Å². The first-order chi connectivity index (χ1) is 69.2. The highest BCUT2D eigenvalue weighted by atomic mass is 16.3. The SMILES string of the molecule is CC(=NNC(=O)c1cc2ccccc2cc1O)c1c(C)[nH]n(-c2ccc(C)c(C)c2)c1=O.CC(=NNC(=O)c1ccc(O)c(O)c1)c1c(C)[nH]n(-c2ccc(C)c(C)c2)c1=O.CC(=NNC(=O)c1ccc(O)cc1)c1c(C)[nH]n(-c2ccc(C)c(C)c2)c1=O.CC(=NNC(=O)c1ccc(O)cc1O)c1c(C)[nH]n(-c2ccc(C)c(C)c2)c1=O.CC(=NNC(=O)c1ccccc1O)c1c(C)[nH]n(-c2ccc(C)c(C)c2)c1=O. The molecule has 146 heavy (non-hydrogen) atoms. The Kier molecular flexibility index (Phi) is 33.0. The molecule has 0 bridgehead atoms. The highest BCUT2D eigenvalue weighted by molar-refractivity contribution is 6.07. The third-order valence-corrected chi connectivity index (χ3v) is 24.4. The fraction of sp³-hybridized carbons (Fsp3) is 0.183. The van der Waals surface area contributed by atoms with E-state index in [1.165, 1.54) is 84.1 Å². The highest BCUT2D eigenvalue weighted by Gasteiger charge is 2.25. The molecule has 17 N–H and O–H groups in total. The lowest BCUT2D eigenvalue weighted by Crippen LogP contribution is -2.23. The predicted octanol–water partition coefficient (Wildman–Crippen LogP) is 15.3. The number of H-pyrrole nitrogens is 5. The van der Waals surface area contributed by atoms with E-state index < -0.39 is 35.3 Å². The average Bonchev–Trinajstić information content (AvgIpc) is 1.67. The molecule has 0 saturated heterocycles. The molecule has 5 aromatic heterocycles. The number of nitrogens with one attached hydrogen (secondary N) is 10. The van der Waals surface area contributed by atoms with Gasteiger partial charge < -0.3 is 35.7 Å². The van der Waals surface area contributed by atoms with Crippen molar-refractivity contribution >= 4 is 68.9 Å². The lowest BCUT2D eigenvalue weighted by Gasteiger charge is -2.06. The van der Waals surface area contributed by atoms with Gasteiger partial charge in [-0.2, -0.15) is 25.5 Å². The van der Waals surface area contributed by atoms with Crippen LogP contribution in [0.3, 0.4) is 0 Å². The molecule has 0 spiro atoms. The summed E-state index contributed by atoms with van der Waals surface area (Å²) in [4.78, 5) is 126. The van der Waals surface area contributed by atoms with Gasteiger partial charge in [0, 0.05) is 45.7 Å². The van der Waals surface area contributed by atoms with Crippen molar-refractivity contribution in [3.05, 3.63) is 404 Å². The number of fused-ring (bicyclic) bond motifs is 1. The molecule has 0 aliphatic rings. The van der Waals surface area contributed by atoms with Crippen LogP contribution in [0.15, 0.2) is 262 Å². The van der Waals surface area contributed by atoms with Gasteiger partial charge in [-0.1, -0.05) is 66.7 Å². The zero-order valence-corrected chi connectivity index (χ0v) is 83.9. The molecule has 750 valence electrons. The normalized spacial score (nSPS) is 11.5. The van der Waals surface area contributed by atoms with E-state index in [9.17, 15) is 83.7 Å². The van der Waals surface area contributed by atoms with Crippen molar-refractivity contribution in [3.63, 3.8) is 0 Å². The Bertz CT molecular complexity index is 8300. The van der Waals surface area contributed by atoms with Gasteiger partial charge in [0.1, 0.15) is 28.7 Å². The smallest absolute Gasteiger partial charge is 0.280 e. The molecule has 5 heterocycles. The van der Waals surface area contributed by atoms with E-state index in [0.717, 1.165) is 95.6 Å². The number of amides is 5. The number of para-hydroxylation sites is 1. The summed E-state index contributed by atoms with van der Waals surface area (Å²) < 4.78 is 7.27. The number of carbonyl (C=O) groups is 5. The Morgan fingerprint density at radius 2 is 0.500 bits per heavy atom. The van der Waals surface area contributed by atoms with Crippen LogP contribution in [0.25, 0.3) is 39.2 Å². The summed E-state index contributed by atoms with van der Waals surface area (Å²) >= 11 is 0. The van der Waals surface area contributed by atoms with E-state index in [2.05, 4.69) is 78.1 Å². The Morgan fingerprint density at radius 3 is 0.808 bits per heavy atom. The zero-order valence-electron chi connectivity index (χ0n) is 83.9. The quantitative estimate of drug-likeness (QED) is 0.0191. The van der Waals surface area contributed by atoms with E-state index in [4.69, 9.17) is 0 Å². The van der Waals surface area contributed by atoms with Crippen LogP contribution in [0.2, 0.25) is 0 Å². The van der Waals surface area contributed by atoms with Gasteiger partial charge in [-0.15, -0.1) is 0 Å². The van der Waals surface area contributed by atoms with Crippen LogP contribution in [0.5, 0.6) is 40.2 Å². The summed E-state index contributed by atoms with van der Waals surface area (Å²) in [7, 11) is 0. The lowest BCUT2D eigenvalue weighted by molar-refractivity contribution is 0.0943. The molecule has 16 aromatic rings. The summed E-state index contributed by atoms with van der Waals surface area (Å²) in [5.74, 6) is -4.24. The predicted molar refractivity (Wildman–Crippen MR) is 563 cm³/mol. The first-order valence-electron chi connectivity index (χ1n) is 45.7. The first-order valence-corrected chi connectivity index (χ1v) is 45.7. The second-order valence-electron chi connectivity index (χ2n) is 35.0. The van der Waals surface area contributed by atoms with Crippen molar-refractivity contribution < 1.29 is 59.7 Å². The Morgan fingerprint density at radius 1 is 0.233 bits per heavy atom. The molecule has 0 atom stereocenters. The summed E-state index contributed by atoms with van der Waals surface area (Å²) in [5, 5.41) is 104. The van der Waals surface area contributed by atoms with E-state index in [-0.39, 0.29) is 84.5 Å². The van der Waals surface area contributed by atoms with E-state index in [0.29, 0.717) is 102 Å². The van der Waals surface area contributed by atoms with Gasteiger partial charge >= 0.3 is 0 Å². The number of aryl methyl sites for hydroxylation is 15. The monoisotopic (exact) mass is 1970 g/mol. The van der Waals surface area contributed by atoms with Crippen LogP contribution >= 0.6 is 0 Å². The minimum Gasteiger partial charge on any atom is -0.508 e. The van der Waals surface area contributed by atoms with E-state index in [1.54, 1.807) is 93.5 Å². The Hall–Kier alpha value is -19.0. The van der Waals surface area contributed by atoms with Gasteiger partial charge in [0.15, 0.2) is 11.5 Å². The third kappa shape index (κ3) is 24.4. The first kappa shape index (κ1) is 106. The molecule has 0 aliphatic heterocycles. The molecule has 16 rings (SSSR count). The fourth-order valence-corrected chi connectivity index (χ4v) is 15.4. The number of hydrogen-bond donors (Lipinski definition) is 17. The topological polar surface area (TPSA) is 538 Å². The molecule has 0 fully saturated rings. The van der Waals surface area contributed by atoms with Crippen molar-refractivity contribution in [2.75, 3.05) is 0 Å². The number of aromatic amines is 5. The molecule has 5 amide bonds. The van der Waals surface area contributed by atoms with Crippen LogP contribution in [0.4, 0.5) is 0 Å². The maximum atomic E-state index is 13.0. The maximum absolute atomic E-state index is 13.0. The standard InChI is InChI=1S/C25H24N4O3.2C21H22N4O4.2C21H22N4O3/c1-14-9-10-20(11-15(14)2)29-25(32)23(17(4)28-29)16(3)26-27-24(31)21-12-18-7-5-6-8-19(18)13-22(21)30;1-11-5-7-16(9-12(11)2)25-21(29)19(14(4)24-25)13(3)22-23-20(28)15-6-8-17(26)18(27)10-15;1-11-5-6-15(9-12(11)2)25-21(29)19(14(4)24-25)13(3)22-23-20(28)17-8-7-16(26)10-18(17)27;1-12-5-8-17(11-13(12)2)25-21(28)19(15(4)24-25)14(3)22-23-20(27)16-6-9-18(26)10-7-16;1-12-9-10-16(11-13(12)2)25-21(28)19(15(4)24-25)14(3)22-23-20(27)17-7-5-6-8-18(17)26/h5-13,28,30H,1-4H3,(H,27,31);2*5-10,24,26-27H,1-4H3,(H,23,28);2*5-11,24,26H,1-4H3,(H,23,27). The number of benzene rings is 11. The molecule has 11 aromatic carbocycles. The molecular weight excluding hydrogens is 1860 g/mol. The van der Waals surface area contributed by atoms with Crippen molar-refractivity contribution in [2.45, 2.75) is 138 Å². The molecule has 0 saturated carbocycles. The van der Waals surface area contributed by atoms with Crippen LogP contribution in [-0.2, 0) is 0 Å². The average molecular weight is 1970 g/mol. The second-order valence-corrected chi connectivity index (χ2v) is 35.0. The molecule has 0 radical (unpaired) electrons. The van der Waals surface area contributed by atoms with Gasteiger partial charge in [0.05, 0.1) is 102 Å². The van der Waals surface area contributed by atoms with Crippen molar-refractivity contribution in [1.29, 1.82) is 0 Å². The number of phenolic OH excluding ortho intramolecular Hbond substituents is 7. The number of hydrazone groups is 5. The number of nitrogens with zero attached hydrogens (tertiary/aromatic N) is 10. The number of hydrogen-bond acceptors (Lipinski definition) is 22. The van der Waals surface area contributed by atoms with Gasteiger partial charge in [-0.25, -0.2) is 50.5 Å². The minimum absolute atomic E-state index is 0.0438. The van der Waals surface area contributed by atoms with Crippen LogP contribution in [0, 0.1) is 104 Å². The Labute approximate surface area is 836 Å². The lowest BCUT2D eigenvalue weighted by atomic mass is 10.1. The summed E-state index contributed by atoms with van der Waals surface area (Å²) in [6, 6.07) is 58.6. The number of carbonyl (C=O) groups excluding carboxylic acids is 5. The van der Waals surface area contributed by atoms with Crippen molar-refractivity contribution in [1.82, 2.24) is 76.0 Å². The summed E-state index contributed by atoms with van der Waals surface area (Å²) in [5.41, 5.74) is 32.8. The van der Waals surface area contributed by atoms with Gasteiger partial charge in [0.25, 0.3) is 57.3 Å². The number of phenols is 7. The molecule has 37 heteroatoms. The van der Waals surface area contributed by atoms with Crippen molar-refractivity contribution in [3.8, 4) is 68.7 Å². The highest BCUT2D eigenvalue weighted by Crippen LogP contribution is 2.29. The van der Waals surface area contributed by atoms with E-state index in [1.807, 2.05) is 184 Å². The fourth-order valence-electron chi connectivity index (χ4n) is 15.4. The third-order valence-electron chi connectivity index (χ3n) is 24.4. The minimum atomic E-state index is -0.662. The molecule has 0 aliphatic carbocycles. The second kappa shape index (κ2) is 45.5. The van der Waals surface area contributed by atoms with Crippen LogP contribution in [0.1, 0.15) is 198 Å². The van der Waals surface area contributed by atoms with Gasteiger partial charge in [0.2, 0.25) is 0 Å². The van der Waals surface area contributed by atoms with Gasteiger partial charge in [-0.3, -0.25) is 73.4 Å². The summed E-state index contributed by atoms with van der Waals surface area (Å²) in [6.07, 6.45) is 0. The zero-order chi connectivity index (χ0) is 106. The number of aromatic nitrogens is 10. The largest absolute Gasteiger partial charge is 0.508 e. The molecule has 37 nitrogen and oxygen atoms in total. The van der Waals surface area contributed by atoms with Gasteiger partial charge in [-0.05, 0) is 344 Å². The molecule has 0 unspecified atom stereocenters. The number of rotatable bonds is 20. The maximum Gasteiger partial charge on any atom is 0.280 e. The van der Waals surface area contributed by atoms with Crippen LogP contribution in [-0.4, -0.2) is 143 Å². The van der Waals surface area contributed by atoms with Crippen molar-refractivity contribution in [2.24, 2.45) is 25.5 Å². The number of aromatic hydroxyl groups is 7. The van der Waals surface area contributed by atoms with E-state index >= 15 is 0 Å². The summed E-state index contributed by atoms with van der Waals surface area (Å²) in [6.45, 7) is 37.0.